The number of carboxylic acids is 1. The Hall–Kier alpha value is -0.840. The number of aliphatic carboxylic acids is 1. The van der Waals surface area contributed by atoms with Crippen LogP contribution < -0.4 is 0 Å². The quantitative estimate of drug-likeness (QED) is 0.803. The van der Waals surface area contributed by atoms with Crippen LogP contribution in [0.5, 0.6) is 0 Å². The van der Waals surface area contributed by atoms with E-state index in [1.165, 1.54) is 6.08 Å². The first kappa shape index (κ1) is 15.2. The number of rotatable bonds is 3. The fraction of sp³-hybridized carbons (Fsp3) is 0.692. The number of hydrogen-bond donors (Lipinski definition) is 1. The number of hydrogen-bond acceptors (Lipinski definition) is 3. The number of halogens is 1. The van der Waals surface area contributed by atoms with Gasteiger partial charge in [-0.05, 0) is 17.4 Å². The highest BCUT2D eigenvalue weighted by atomic mass is 32.2. The second-order valence-corrected chi connectivity index (χ2v) is 7.98. The normalized spacial score (nSPS) is 26.9. The maximum Gasteiger partial charge on any atom is 0.307 e. The van der Waals surface area contributed by atoms with E-state index in [-0.39, 0.29) is 4.75 Å². The van der Waals surface area contributed by atoms with Crippen LogP contribution in [0.15, 0.2) is 11.9 Å². The summed E-state index contributed by atoms with van der Waals surface area (Å²) < 4.78 is 13.3. The summed E-state index contributed by atoms with van der Waals surface area (Å²) in [6.45, 7) is 9.00. The number of carbonyl (C=O) groups is 2. The van der Waals surface area contributed by atoms with Gasteiger partial charge >= 0.3 is 5.97 Å². The molecule has 0 unspecified atom stereocenters. The first-order valence-electron chi connectivity index (χ1n) is 5.80. The highest BCUT2D eigenvalue weighted by Crippen LogP contribution is 2.59. The molecule has 0 amide bonds. The number of carbonyl (C=O) groups excluding carboxylic acids is 1. The molecule has 0 bridgehead atoms. The minimum Gasteiger partial charge on any atom is -0.481 e. The second-order valence-electron chi connectivity index (χ2n) is 6.18. The van der Waals surface area contributed by atoms with Crippen LogP contribution in [-0.4, -0.2) is 20.9 Å². The Morgan fingerprint density at radius 1 is 1.33 bits per heavy atom. The van der Waals surface area contributed by atoms with E-state index in [2.05, 4.69) is 0 Å². The molecule has 0 aromatic rings. The Balaban J connectivity index is 2.74. The van der Waals surface area contributed by atoms with Gasteiger partial charge in [-0.15, -0.1) is 0 Å². The molecule has 18 heavy (non-hydrogen) atoms. The molecule has 0 radical (unpaired) electrons. The topological polar surface area (TPSA) is 54.4 Å². The summed E-state index contributed by atoms with van der Waals surface area (Å²) in [5.41, 5.74) is -0.476. The summed E-state index contributed by atoms with van der Waals surface area (Å²) in [6.07, 6.45) is 1.17. The lowest BCUT2D eigenvalue weighted by atomic mass is 10.1. The molecule has 1 rings (SSSR count). The summed E-state index contributed by atoms with van der Waals surface area (Å²) in [4.78, 5) is 22.5. The van der Waals surface area contributed by atoms with Crippen molar-refractivity contribution < 1.29 is 19.1 Å². The summed E-state index contributed by atoms with van der Waals surface area (Å²) in [7, 11) is 0. The summed E-state index contributed by atoms with van der Waals surface area (Å²) in [5.74, 6) is -2.78. The first-order valence-corrected chi connectivity index (χ1v) is 6.62. The molecule has 1 N–H and O–H groups in total. The molecule has 1 aliphatic carbocycles. The number of carboxylic acid groups (broad SMARTS) is 1. The lowest BCUT2D eigenvalue weighted by Gasteiger charge is -2.14. The molecule has 1 fully saturated rings. The van der Waals surface area contributed by atoms with Gasteiger partial charge in [-0.3, -0.25) is 9.59 Å². The zero-order valence-electron chi connectivity index (χ0n) is 11.3. The van der Waals surface area contributed by atoms with Crippen LogP contribution in [0.25, 0.3) is 0 Å². The molecule has 5 heteroatoms. The highest BCUT2D eigenvalue weighted by molar-refractivity contribution is 8.15. The van der Waals surface area contributed by atoms with E-state index in [0.717, 1.165) is 11.8 Å². The van der Waals surface area contributed by atoms with Crippen molar-refractivity contribution in [1.29, 1.82) is 0 Å². The highest BCUT2D eigenvalue weighted by Gasteiger charge is 2.61. The van der Waals surface area contributed by atoms with Crippen molar-refractivity contribution in [3.05, 3.63) is 11.9 Å². The molecule has 0 spiro atoms. The molecule has 0 aromatic heterocycles. The van der Waals surface area contributed by atoms with E-state index < -0.39 is 34.2 Å². The van der Waals surface area contributed by atoms with Gasteiger partial charge in [0.2, 0.25) is 5.12 Å². The Kier molecular flexibility index (Phi) is 3.96. The first-order chi connectivity index (χ1) is 7.97. The van der Waals surface area contributed by atoms with E-state index in [1.807, 2.05) is 20.8 Å². The maximum absolute atomic E-state index is 13.7. The van der Waals surface area contributed by atoms with Crippen LogP contribution in [0.2, 0.25) is 0 Å². The number of thioether (sulfide) groups is 1. The van der Waals surface area contributed by atoms with Crippen molar-refractivity contribution in [2.75, 3.05) is 0 Å². The SMILES string of the molecule is CC(C)(C)SC(=O)/C(F)=C\[C@H]1[C@@H](C(=O)O)C1(C)C. The van der Waals surface area contributed by atoms with Gasteiger partial charge in [-0.1, -0.05) is 46.4 Å². The summed E-state index contributed by atoms with van der Waals surface area (Å²) in [5, 5.41) is 8.33. The molecule has 0 heterocycles. The van der Waals surface area contributed by atoms with Crippen LogP contribution in [0.3, 0.4) is 0 Å². The third-order valence-corrected chi connectivity index (χ3v) is 4.09. The smallest absolute Gasteiger partial charge is 0.307 e. The molecular weight excluding hydrogens is 255 g/mol. The van der Waals surface area contributed by atoms with E-state index in [0.29, 0.717) is 0 Å². The Labute approximate surface area is 111 Å². The minimum absolute atomic E-state index is 0.354. The van der Waals surface area contributed by atoms with Gasteiger partial charge in [0.05, 0.1) is 5.92 Å². The Morgan fingerprint density at radius 3 is 2.17 bits per heavy atom. The van der Waals surface area contributed by atoms with E-state index >= 15 is 0 Å². The van der Waals surface area contributed by atoms with Gasteiger partial charge in [0.1, 0.15) is 0 Å². The lowest BCUT2D eigenvalue weighted by molar-refractivity contribution is -0.139. The lowest BCUT2D eigenvalue weighted by Crippen LogP contribution is -2.12. The Bertz CT molecular complexity index is 407. The third-order valence-electron chi connectivity index (χ3n) is 3.10. The van der Waals surface area contributed by atoms with Crippen molar-refractivity contribution in [2.45, 2.75) is 39.4 Å². The van der Waals surface area contributed by atoms with Crippen molar-refractivity contribution in [3.8, 4) is 0 Å². The zero-order chi connectivity index (χ0) is 14.3. The molecule has 3 nitrogen and oxygen atoms in total. The van der Waals surface area contributed by atoms with Gasteiger partial charge in [0, 0.05) is 4.75 Å². The van der Waals surface area contributed by atoms with Gasteiger partial charge in [-0.25, -0.2) is 4.39 Å². The van der Waals surface area contributed by atoms with Crippen LogP contribution in [0.1, 0.15) is 34.6 Å². The van der Waals surface area contributed by atoms with Crippen LogP contribution in [0.4, 0.5) is 4.39 Å². The van der Waals surface area contributed by atoms with Crippen LogP contribution in [-0.2, 0) is 9.59 Å². The molecule has 1 aliphatic rings. The summed E-state index contributed by atoms with van der Waals surface area (Å²) in [6, 6.07) is 0. The molecule has 0 saturated heterocycles. The maximum atomic E-state index is 13.7. The number of allylic oxidation sites excluding steroid dienone is 1. The largest absolute Gasteiger partial charge is 0.481 e. The van der Waals surface area contributed by atoms with Crippen molar-refractivity contribution in [1.82, 2.24) is 0 Å². The van der Waals surface area contributed by atoms with Gasteiger partial charge in [0.25, 0.3) is 0 Å². The Morgan fingerprint density at radius 2 is 1.83 bits per heavy atom. The summed E-state index contributed by atoms with van der Waals surface area (Å²) >= 11 is 0.915. The van der Waals surface area contributed by atoms with Gasteiger partial charge in [-0.2, -0.15) is 0 Å². The van der Waals surface area contributed by atoms with E-state index in [1.54, 1.807) is 13.8 Å². The molecule has 0 aliphatic heterocycles. The standard InChI is InChI=1S/C13H19FO3S/c1-12(2,3)18-11(17)8(14)6-7-9(10(15)16)13(7,4)5/h6-7,9H,1-5H3,(H,15,16)/b8-6+/t7-,9-/m0/s1. The fourth-order valence-corrected chi connectivity index (χ4v) is 2.73. The van der Waals surface area contributed by atoms with Crippen LogP contribution in [0, 0.1) is 17.3 Å². The average Bonchev–Trinajstić information content (AvgIpc) is 2.64. The fourth-order valence-electron chi connectivity index (χ4n) is 2.01. The average molecular weight is 274 g/mol. The predicted molar refractivity (Wildman–Crippen MR) is 69.9 cm³/mol. The molecule has 0 aromatic carbocycles. The van der Waals surface area contributed by atoms with E-state index in [9.17, 15) is 14.0 Å². The third kappa shape index (κ3) is 3.34. The molecule has 2 atom stereocenters. The molecular formula is C13H19FO3S. The minimum atomic E-state index is -0.940. The van der Waals surface area contributed by atoms with Gasteiger partial charge in [0.15, 0.2) is 5.83 Å². The van der Waals surface area contributed by atoms with Gasteiger partial charge < -0.3 is 5.11 Å². The second kappa shape index (κ2) is 4.68. The van der Waals surface area contributed by atoms with Crippen LogP contribution >= 0.6 is 11.8 Å². The zero-order valence-corrected chi connectivity index (χ0v) is 12.1. The van der Waals surface area contributed by atoms with Crippen molar-refractivity contribution in [3.63, 3.8) is 0 Å². The van der Waals surface area contributed by atoms with Crippen molar-refractivity contribution in [2.24, 2.45) is 17.3 Å². The molecule has 1 saturated carbocycles. The van der Waals surface area contributed by atoms with Crippen molar-refractivity contribution >= 4 is 22.8 Å². The van der Waals surface area contributed by atoms with E-state index in [4.69, 9.17) is 5.11 Å². The monoisotopic (exact) mass is 274 g/mol. The molecule has 102 valence electrons. The predicted octanol–water partition coefficient (Wildman–Crippen LogP) is 3.25.